The summed E-state index contributed by atoms with van der Waals surface area (Å²) in [5, 5.41) is 22.0. The van der Waals surface area contributed by atoms with E-state index in [4.69, 9.17) is 27.3 Å². The molecule has 0 radical (unpaired) electrons. The van der Waals surface area contributed by atoms with Gasteiger partial charge in [0.15, 0.2) is 5.84 Å². The van der Waals surface area contributed by atoms with Crippen molar-refractivity contribution in [2.24, 2.45) is 10.9 Å². The zero-order chi connectivity index (χ0) is 15.4. The van der Waals surface area contributed by atoms with Gasteiger partial charge in [0.05, 0.1) is 4.92 Å². The summed E-state index contributed by atoms with van der Waals surface area (Å²) >= 11 is 5.79. The van der Waals surface area contributed by atoms with Crippen molar-refractivity contribution >= 4 is 23.1 Å². The number of ether oxygens (including phenoxy) is 1. The molecular weight excluding hydrogens is 300 g/mol. The number of nitrogens with zero attached hydrogens (tertiary/aromatic N) is 3. The van der Waals surface area contributed by atoms with Gasteiger partial charge >= 0.3 is 0 Å². The van der Waals surface area contributed by atoms with Crippen LogP contribution in [-0.4, -0.2) is 21.0 Å². The maximum absolute atomic E-state index is 10.7. The van der Waals surface area contributed by atoms with Crippen LogP contribution in [0.4, 0.5) is 5.69 Å². The van der Waals surface area contributed by atoms with E-state index >= 15 is 0 Å². The molecule has 1 aromatic carbocycles. The van der Waals surface area contributed by atoms with Crippen molar-refractivity contribution in [2.75, 3.05) is 0 Å². The van der Waals surface area contributed by atoms with E-state index in [2.05, 4.69) is 10.1 Å². The number of hydrogen-bond acceptors (Lipinski definition) is 6. The lowest BCUT2D eigenvalue weighted by Crippen LogP contribution is -2.14. The van der Waals surface area contributed by atoms with Gasteiger partial charge in [-0.15, -0.1) is 0 Å². The van der Waals surface area contributed by atoms with Crippen molar-refractivity contribution in [1.82, 2.24) is 4.98 Å². The highest BCUT2D eigenvalue weighted by atomic mass is 35.5. The third kappa shape index (κ3) is 3.37. The molecule has 0 spiro atoms. The molecule has 2 rings (SSSR count). The topological polar surface area (TPSA) is 124 Å². The quantitative estimate of drug-likeness (QED) is 0.294. The number of halogens is 1. The van der Waals surface area contributed by atoms with E-state index in [0.717, 1.165) is 0 Å². The smallest absolute Gasteiger partial charge is 0.288 e. The van der Waals surface area contributed by atoms with Crippen LogP contribution in [0.1, 0.15) is 5.69 Å². The van der Waals surface area contributed by atoms with Gasteiger partial charge in [0.1, 0.15) is 22.2 Å². The number of rotatable bonds is 4. The predicted molar refractivity (Wildman–Crippen MR) is 74.9 cm³/mol. The zero-order valence-electron chi connectivity index (χ0n) is 10.4. The third-order valence-electron chi connectivity index (χ3n) is 2.45. The Morgan fingerprint density at radius 1 is 1.38 bits per heavy atom. The number of pyridine rings is 1. The molecule has 9 heteroatoms. The van der Waals surface area contributed by atoms with Crippen molar-refractivity contribution in [3.05, 3.63) is 57.4 Å². The second-order valence-corrected chi connectivity index (χ2v) is 4.24. The first-order valence-corrected chi connectivity index (χ1v) is 5.95. The zero-order valence-corrected chi connectivity index (χ0v) is 11.2. The van der Waals surface area contributed by atoms with Gasteiger partial charge in [-0.1, -0.05) is 16.8 Å². The van der Waals surface area contributed by atoms with Gasteiger partial charge in [-0.3, -0.25) is 15.1 Å². The molecule has 1 heterocycles. The summed E-state index contributed by atoms with van der Waals surface area (Å²) in [5.41, 5.74) is 5.43. The standard InChI is InChI=1S/C12H9ClN4O4/c13-9-5-7(1-2-11(9)17(19)20)21-8-3-4-15-10(6-8)12(14)16-18/h1-6,18H,(H2,14,16). The highest BCUT2D eigenvalue weighted by Gasteiger charge is 2.13. The summed E-state index contributed by atoms with van der Waals surface area (Å²) in [4.78, 5) is 14.0. The number of nitro groups is 1. The summed E-state index contributed by atoms with van der Waals surface area (Å²) in [7, 11) is 0. The molecule has 8 nitrogen and oxygen atoms in total. The summed E-state index contributed by atoms with van der Waals surface area (Å²) < 4.78 is 5.49. The fourth-order valence-corrected chi connectivity index (χ4v) is 1.74. The number of nitrogens with two attached hydrogens (primary N) is 1. The molecule has 0 saturated carbocycles. The number of hydrogen-bond donors (Lipinski definition) is 2. The molecule has 0 bridgehead atoms. The molecule has 3 N–H and O–H groups in total. The van der Waals surface area contributed by atoms with Crippen LogP contribution in [0.25, 0.3) is 0 Å². The van der Waals surface area contributed by atoms with E-state index in [0.29, 0.717) is 11.5 Å². The van der Waals surface area contributed by atoms with E-state index in [1.807, 2.05) is 0 Å². The normalized spacial score (nSPS) is 11.2. The Hall–Kier alpha value is -2.87. The molecule has 21 heavy (non-hydrogen) atoms. The van der Waals surface area contributed by atoms with Crippen molar-refractivity contribution in [3.63, 3.8) is 0 Å². The maximum atomic E-state index is 10.7. The third-order valence-corrected chi connectivity index (χ3v) is 2.76. The lowest BCUT2D eigenvalue weighted by atomic mass is 10.3. The van der Waals surface area contributed by atoms with Crippen LogP contribution in [-0.2, 0) is 0 Å². The minimum atomic E-state index is -0.588. The number of oxime groups is 1. The molecule has 1 aromatic heterocycles. The number of nitro benzene ring substituents is 1. The van der Waals surface area contributed by atoms with E-state index in [-0.39, 0.29) is 22.2 Å². The highest BCUT2D eigenvalue weighted by Crippen LogP contribution is 2.30. The van der Waals surface area contributed by atoms with Crippen LogP contribution in [0.5, 0.6) is 11.5 Å². The van der Waals surface area contributed by atoms with E-state index < -0.39 is 4.92 Å². The first-order chi connectivity index (χ1) is 10.0. The average Bonchev–Trinajstić information content (AvgIpc) is 2.46. The first-order valence-electron chi connectivity index (χ1n) is 5.57. The summed E-state index contributed by atoms with van der Waals surface area (Å²) in [6.07, 6.45) is 1.41. The van der Waals surface area contributed by atoms with Gasteiger partial charge in [-0.25, -0.2) is 0 Å². The Labute approximate surface area is 123 Å². The molecule has 0 atom stereocenters. The van der Waals surface area contributed by atoms with Gasteiger partial charge in [-0.05, 0) is 12.1 Å². The monoisotopic (exact) mass is 308 g/mol. The SMILES string of the molecule is NC(=NO)c1cc(Oc2ccc([N+](=O)[O-])c(Cl)c2)ccn1. The summed E-state index contributed by atoms with van der Waals surface area (Å²) in [5.74, 6) is 0.501. The molecule has 0 aliphatic rings. The predicted octanol–water partition coefficient (Wildman–Crippen LogP) is 2.53. The number of benzene rings is 1. The fraction of sp³-hybridized carbons (Fsp3) is 0. The first kappa shape index (κ1) is 14.5. The molecule has 2 aromatic rings. The largest absolute Gasteiger partial charge is 0.457 e. The molecule has 0 fully saturated rings. The van der Waals surface area contributed by atoms with Gasteiger partial charge < -0.3 is 15.7 Å². The van der Waals surface area contributed by atoms with Crippen LogP contribution >= 0.6 is 11.6 Å². The molecule has 0 aliphatic carbocycles. The molecule has 108 valence electrons. The van der Waals surface area contributed by atoms with Crippen LogP contribution < -0.4 is 10.5 Å². The maximum Gasteiger partial charge on any atom is 0.288 e. The Kier molecular flexibility index (Phi) is 4.19. The Bertz CT molecular complexity index is 720. The van der Waals surface area contributed by atoms with Gasteiger partial charge in [0.25, 0.3) is 5.69 Å². The number of aromatic nitrogens is 1. The van der Waals surface area contributed by atoms with Crippen molar-refractivity contribution in [1.29, 1.82) is 0 Å². The highest BCUT2D eigenvalue weighted by molar-refractivity contribution is 6.32. The molecule has 0 unspecified atom stereocenters. The van der Waals surface area contributed by atoms with E-state index in [1.165, 1.54) is 30.5 Å². The lowest BCUT2D eigenvalue weighted by molar-refractivity contribution is -0.384. The lowest BCUT2D eigenvalue weighted by Gasteiger charge is -2.07. The Morgan fingerprint density at radius 3 is 2.71 bits per heavy atom. The van der Waals surface area contributed by atoms with Crippen LogP contribution in [0.2, 0.25) is 5.02 Å². The van der Waals surface area contributed by atoms with Crippen LogP contribution in [0.3, 0.4) is 0 Å². The minimum absolute atomic E-state index is 0.0387. The molecule has 0 saturated heterocycles. The molecule has 0 amide bonds. The molecule has 0 aliphatic heterocycles. The van der Waals surface area contributed by atoms with Gasteiger partial charge in [0.2, 0.25) is 0 Å². The Morgan fingerprint density at radius 2 is 2.10 bits per heavy atom. The van der Waals surface area contributed by atoms with E-state index in [9.17, 15) is 10.1 Å². The summed E-state index contributed by atoms with van der Waals surface area (Å²) in [6.45, 7) is 0. The van der Waals surface area contributed by atoms with Crippen LogP contribution in [0, 0.1) is 10.1 Å². The van der Waals surface area contributed by atoms with Crippen molar-refractivity contribution in [3.8, 4) is 11.5 Å². The van der Waals surface area contributed by atoms with Gasteiger partial charge in [0, 0.05) is 24.4 Å². The van der Waals surface area contributed by atoms with Gasteiger partial charge in [-0.2, -0.15) is 0 Å². The number of amidine groups is 1. The minimum Gasteiger partial charge on any atom is -0.457 e. The van der Waals surface area contributed by atoms with Crippen LogP contribution in [0.15, 0.2) is 41.7 Å². The molecular formula is C12H9ClN4O4. The average molecular weight is 309 g/mol. The van der Waals surface area contributed by atoms with Crippen molar-refractivity contribution < 1.29 is 14.9 Å². The second kappa shape index (κ2) is 6.06. The Balaban J connectivity index is 2.26. The second-order valence-electron chi connectivity index (χ2n) is 3.83. The fourth-order valence-electron chi connectivity index (χ4n) is 1.50. The van der Waals surface area contributed by atoms with Crippen molar-refractivity contribution in [2.45, 2.75) is 0 Å². The van der Waals surface area contributed by atoms with E-state index in [1.54, 1.807) is 6.07 Å². The summed E-state index contributed by atoms with van der Waals surface area (Å²) in [6, 6.07) is 6.97.